The van der Waals surface area contributed by atoms with E-state index in [9.17, 15) is 0 Å². The highest BCUT2D eigenvalue weighted by Gasteiger charge is 2.05. The van der Waals surface area contributed by atoms with Gasteiger partial charge in [0.25, 0.3) is 0 Å². The first-order valence-corrected chi connectivity index (χ1v) is 7.16. The maximum Gasteiger partial charge on any atom is 0.0948 e. The summed E-state index contributed by atoms with van der Waals surface area (Å²) in [6, 6.07) is 8.47. The molecule has 0 saturated carbocycles. The van der Waals surface area contributed by atoms with E-state index < -0.39 is 0 Å². The smallest absolute Gasteiger partial charge is 0.0948 e. The largest absolute Gasteiger partial charge is 0.379 e. The molecule has 0 saturated heterocycles. The fourth-order valence-electron chi connectivity index (χ4n) is 2.29. The molecule has 1 N–H and O–H groups in total. The zero-order valence-electron chi connectivity index (χ0n) is 12.6. The lowest BCUT2D eigenvalue weighted by Gasteiger charge is -2.16. The van der Waals surface area contributed by atoms with Crippen LogP contribution in [0.1, 0.15) is 24.6 Å². The van der Waals surface area contributed by atoms with Crippen LogP contribution in [0.5, 0.6) is 0 Å². The van der Waals surface area contributed by atoms with Gasteiger partial charge in [-0.3, -0.25) is 0 Å². The number of nitrogens with zero attached hydrogens (tertiary/aromatic N) is 3. The van der Waals surface area contributed by atoms with E-state index in [4.69, 9.17) is 0 Å². The van der Waals surface area contributed by atoms with Crippen LogP contribution in [0.15, 0.2) is 36.8 Å². The number of imidazole rings is 1. The third kappa shape index (κ3) is 3.84. The number of hydrogen-bond donors (Lipinski definition) is 1. The van der Waals surface area contributed by atoms with Crippen molar-refractivity contribution in [2.24, 2.45) is 0 Å². The van der Waals surface area contributed by atoms with Crippen LogP contribution >= 0.6 is 0 Å². The van der Waals surface area contributed by atoms with Crippen LogP contribution in [-0.4, -0.2) is 28.5 Å². The van der Waals surface area contributed by atoms with Gasteiger partial charge in [0, 0.05) is 25.0 Å². The number of rotatable bonds is 7. The molecule has 2 rings (SSSR count). The molecule has 0 fully saturated rings. The van der Waals surface area contributed by atoms with Crippen molar-refractivity contribution in [2.75, 3.05) is 19.4 Å². The average molecular weight is 272 g/mol. The van der Waals surface area contributed by atoms with Crippen LogP contribution in [-0.2, 0) is 19.6 Å². The quantitative estimate of drug-likeness (QED) is 0.841. The third-order valence-corrected chi connectivity index (χ3v) is 3.23. The summed E-state index contributed by atoms with van der Waals surface area (Å²) in [7, 11) is 4.18. The maximum atomic E-state index is 4.24. The van der Waals surface area contributed by atoms with Crippen LogP contribution in [0.2, 0.25) is 0 Å². The molecule has 108 valence electrons. The van der Waals surface area contributed by atoms with E-state index in [1.807, 2.05) is 12.5 Å². The van der Waals surface area contributed by atoms with Crippen molar-refractivity contribution in [3.63, 3.8) is 0 Å². The highest BCUT2D eigenvalue weighted by atomic mass is 15.1. The average Bonchev–Trinajstić information content (AvgIpc) is 2.85. The lowest BCUT2D eigenvalue weighted by Crippen LogP contribution is -2.13. The van der Waals surface area contributed by atoms with E-state index in [1.165, 1.54) is 16.9 Å². The van der Waals surface area contributed by atoms with Crippen molar-refractivity contribution in [3.05, 3.63) is 48.0 Å². The minimum atomic E-state index is 0.810. The van der Waals surface area contributed by atoms with Gasteiger partial charge < -0.3 is 14.8 Å². The SMILES string of the molecule is CCCn1cncc1CNc1ccccc1CN(C)C. The summed E-state index contributed by atoms with van der Waals surface area (Å²) in [6.45, 7) is 4.96. The summed E-state index contributed by atoms with van der Waals surface area (Å²) in [5, 5.41) is 3.53. The fraction of sp³-hybridized carbons (Fsp3) is 0.438. The first kappa shape index (κ1) is 14.6. The van der Waals surface area contributed by atoms with Gasteiger partial charge in [-0.1, -0.05) is 25.1 Å². The highest BCUT2D eigenvalue weighted by Crippen LogP contribution is 2.17. The Morgan fingerprint density at radius 1 is 1.25 bits per heavy atom. The van der Waals surface area contributed by atoms with E-state index in [0.717, 1.165) is 26.1 Å². The molecule has 1 heterocycles. The molecular formula is C16H24N4. The lowest BCUT2D eigenvalue weighted by molar-refractivity contribution is 0.403. The van der Waals surface area contributed by atoms with E-state index >= 15 is 0 Å². The summed E-state index contributed by atoms with van der Waals surface area (Å²) < 4.78 is 2.21. The monoisotopic (exact) mass is 272 g/mol. The highest BCUT2D eigenvalue weighted by molar-refractivity contribution is 5.51. The summed E-state index contributed by atoms with van der Waals surface area (Å²) in [6.07, 6.45) is 4.98. The zero-order valence-corrected chi connectivity index (χ0v) is 12.6. The van der Waals surface area contributed by atoms with E-state index in [-0.39, 0.29) is 0 Å². The first-order valence-electron chi connectivity index (χ1n) is 7.16. The van der Waals surface area contributed by atoms with Crippen LogP contribution in [0, 0.1) is 0 Å². The number of aromatic nitrogens is 2. The Morgan fingerprint density at radius 2 is 2.05 bits per heavy atom. The minimum absolute atomic E-state index is 0.810. The predicted molar refractivity (Wildman–Crippen MR) is 83.7 cm³/mol. The van der Waals surface area contributed by atoms with Crippen LogP contribution in [0.3, 0.4) is 0 Å². The minimum Gasteiger partial charge on any atom is -0.379 e. The van der Waals surface area contributed by atoms with Gasteiger partial charge in [0.05, 0.1) is 18.6 Å². The second kappa shape index (κ2) is 7.10. The second-order valence-corrected chi connectivity index (χ2v) is 5.33. The van der Waals surface area contributed by atoms with Gasteiger partial charge in [0.1, 0.15) is 0 Å². The molecule has 1 aromatic heterocycles. The van der Waals surface area contributed by atoms with Crippen molar-refractivity contribution >= 4 is 5.69 Å². The summed E-state index contributed by atoms with van der Waals surface area (Å²) >= 11 is 0. The third-order valence-electron chi connectivity index (χ3n) is 3.23. The van der Waals surface area contributed by atoms with Gasteiger partial charge in [0.2, 0.25) is 0 Å². The molecule has 2 aromatic rings. The van der Waals surface area contributed by atoms with Gasteiger partial charge in [-0.2, -0.15) is 0 Å². The molecular weight excluding hydrogens is 248 g/mol. The molecule has 0 radical (unpaired) electrons. The summed E-state index contributed by atoms with van der Waals surface area (Å²) in [5.74, 6) is 0. The van der Waals surface area contributed by atoms with Crippen molar-refractivity contribution in [2.45, 2.75) is 33.0 Å². The molecule has 20 heavy (non-hydrogen) atoms. The predicted octanol–water partition coefficient (Wildman–Crippen LogP) is 2.97. The second-order valence-electron chi connectivity index (χ2n) is 5.33. The molecule has 1 aromatic carbocycles. The lowest BCUT2D eigenvalue weighted by atomic mass is 10.1. The van der Waals surface area contributed by atoms with Crippen LogP contribution < -0.4 is 5.32 Å². The fourth-order valence-corrected chi connectivity index (χ4v) is 2.29. The number of nitrogens with one attached hydrogen (secondary N) is 1. The van der Waals surface area contributed by atoms with Crippen molar-refractivity contribution in [1.82, 2.24) is 14.5 Å². The van der Waals surface area contributed by atoms with Gasteiger partial charge in [-0.25, -0.2) is 4.98 Å². The Hall–Kier alpha value is -1.81. The Morgan fingerprint density at radius 3 is 2.80 bits per heavy atom. The molecule has 0 unspecified atom stereocenters. The van der Waals surface area contributed by atoms with Crippen molar-refractivity contribution < 1.29 is 0 Å². The van der Waals surface area contributed by atoms with E-state index in [2.05, 4.69) is 65.1 Å². The Bertz CT molecular complexity index is 531. The molecule has 0 spiro atoms. The van der Waals surface area contributed by atoms with Gasteiger partial charge >= 0.3 is 0 Å². The molecule has 0 aliphatic rings. The Labute approximate surface area is 121 Å². The first-order chi connectivity index (χ1) is 9.70. The van der Waals surface area contributed by atoms with Crippen molar-refractivity contribution in [1.29, 1.82) is 0 Å². The zero-order chi connectivity index (χ0) is 14.4. The van der Waals surface area contributed by atoms with Gasteiger partial charge in [-0.15, -0.1) is 0 Å². The molecule has 0 bridgehead atoms. The van der Waals surface area contributed by atoms with E-state index in [1.54, 1.807) is 0 Å². The molecule has 0 atom stereocenters. The van der Waals surface area contributed by atoms with Gasteiger partial charge in [-0.05, 0) is 32.1 Å². The topological polar surface area (TPSA) is 33.1 Å². The number of para-hydroxylation sites is 1. The van der Waals surface area contributed by atoms with Crippen LogP contribution in [0.25, 0.3) is 0 Å². The maximum absolute atomic E-state index is 4.24. The van der Waals surface area contributed by atoms with E-state index in [0.29, 0.717) is 0 Å². The standard InChI is InChI=1S/C16H24N4/c1-4-9-20-13-17-10-15(20)11-18-16-8-6-5-7-14(16)12-19(2)3/h5-8,10,13,18H,4,9,11-12H2,1-3H3. The summed E-state index contributed by atoms with van der Waals surface area (Å²) in [4.78, 5) is 6.42. The molecule has 4 nitrogen and oxygen atoms in total. The molecule has 4 heteroatoms. The normalized spacial score (nSPS) is 11.0. The van der Waals surface area contributed by atoms with Crippen LogP contribution in [0.4, 0.5) is 5.69 Å². The number of hydrogen-bond acceptors (Lipinski definition) is 3. The summed E-state index contributed by atoms with van der Waals surface area (Å²) in [5.41, 5.74) is 3.75. The van der Waals surface area contributed by atoms with Crippen molar-refractivity contribution in [3.8, 4) is 0 Å². The molecule has 0 amide bonds. The number of anilines is 1. The Balaban J connectivity index is 2.05. The molecule has 0 aliphatic carbocycles. The number of aryl methyl sites for hydroxylation is 1. The Kier molecular flexibility index (Phi) is 5.18. The van der Waals surface area contributed by atoms with Gasteiger partial charge in [0.15, 0.2) is 0 Å². The number of benzene rings is 1. The molecule has 0 aliphatic heterocycles.